The summed E-state index contributed by atoms with van der Waals surface area (Å²) in [4.78, 5) is 16.0. The number of benzene rings is 1. The molecule has 1 rings (SSSR count). The van der Waals surface area contributed by atoms with Gasteiger partial charge >= 0.3 is 0 Å². The van der Waals surface area contributed by atoms with E-state index < -0.39 is 0 Å². The molecule has 0 radical (unpaired) electrons. The molecule has 0 saturated carbocycles. The Hall–Kier alpha value is -1.03. The van der Waals surface area contributed by atoms with E-state index >= 15 is 0 Å². The molecule has 1 atom stereocenters. The maximum absolute atomic E-state index is 12.2. The van der Waals surface area contributed by atoms with Gasteiger partial charge < -0.3 is 9.80 Å². The molecule has 0 aliphatic rings. The molecule has 1 aromatic carbocycles. The summed E-state index contributed by atoms with van der Waals surface area (Å²) >= 11 is 3.43. The Kier molecular flexibility index (Phi) is 6.35. The molecule has 0 spiro atoms. The number of carbonyl (C=O) groups is 1. The summed E-state index contributed by atoms with van der Waals surface area (Å²) in [6.45, 7) is 5.43. The van der Waals surface area contributed by atoms with Crippen LogP contribution >= 0.6 is 15.9 Å². The summed E-state index contributed by atoms with van der Waals surface area (Å²) in [5, 5.41) is 0. The number of hydrogen-bond acceptors (Lipinski definition) is 2. The summed E-state index contributed by atoms with van der Waals surface area (Å²) in [6.07, 6.45) is 0.814. The molecule has 4 heteroatoms. The summed E-state index contributed by atoms with van der Waals surface area (Å²) in [7, 11) is 4.04. The molecule has 0 bridgehead atoms. The maximum Gasteiger partial charge on any atom is 0.236 e. The lowest BCUT2D eigenvalue weighted by atomic mass is 10.1. The van der Waals surface area contributed by atoms with E-state index in [4.69, 9.17) is 0 Å². The predicted octanol–water partition coefficient (Wildman–Crippen LogP) is 3.27. The second kappa shape index (κ2) is 7.53. The third-order valence-electron chi connectivity index (χ3n) is 3.15. The minimum Gasteiger partial charge on any atom is -0.378 e. The smallest absolute Gasteiger partial charge is 0.236 e. The minimum atomic E-state index is -0.0755. The van der Waals surface area contributed by atoms with Crippen LogP contribution in [0.3, 0.4) is 0 Å². The van der Waals surface area contributed by atoms with Gasteiger partial charge in [0.05, 0.1) is 4.83 Å². The number of nitrogens with zero attached hydrogens (tertiary/aromatic N) is 2. The Morgan fingerprint density at radius 2 is 1.79 bits per heavy atom. The molecule has 0 aliphatic carbocycles. The molecule has 0 heterocycles. The highest BCUT2D eigenvalue weighted by atomic mass is 79.9. The van der Waals surface area contributed by atoms with Gasteiger partial charge in [-0.05, 0) is 31.0 Å². The van der Waals surface area contributed by atoms with Crippen molar-refractivity contribution in [1.29, 1.82) is 0 Å². The van der Waals surface area contributed by atoms with Gasteiger partial charge in [-0.3, -0.25) is 4.79 Å². The number of halogens is 1. The van der Waals surface area contributed by atoms with Gasteiger partial charge in [0, 0.05) is 32.9 Å². The van der Waals surface area contributed by atoms with Gasteiger partial charge in [0.2, 0.25) is 5.91 Å². The molecule has 106 valence electrons. The molecule has 3 nitrogen and oxygen atoms in total. The summed E-state index contributed by atoms with van der Waals surface area (Å²) in [5.41, 5.74) is 2.33. The van der Waals surface area contributed by atoms with Crippen LogP contribution in [0.5, 0.6) is 0 Å². The number of amides is 1. The van der Waals surface area contributed by atoms with Crippen molar-refractivity contribution in [2.75, 3.05) is 25.5 Å². The maximum atomic E-state index is 12.2. The van der Waals surface area contributed by atoms with E-state index in [1.807, 2.05) is 32.8 Å². The topological polar surface area (TPSA) is 23.6 Å². The molecule has 1 amide bonds. The van der Waals surface area contributed by atoms with Crippen molar-refractivity contribution in [2.45, 2.75) is 31.6 Å². The van der Waals surface area contributed by atoms with E-state index in [0.717, 1.165) is 18.5 Å². The first-order valence-corrected chi connectivity index (χ1v) is 7.60. The highest BCUT2D eigenvalue weighted by Gasteiger charge is 2.19. The van der Waals surface area contributed by atoms with Crippen LogP contribution in [-0.2, 0) is 11.3 Å². The highest BCUT2D eigenvalue weighted by Crippen LogP contribution is 2.16. The van der Waals surface area contributed by atoms with Crippen LogP contribution in [0.15, 0.2) is 24.3 Å². The van der Waals surface area contributed by atoms with E-state index in [1.165, 1.54) is 5.69 Å². The summed E-state index contributed by atoms with van der Waals surface area (Å²) < 4.78 is 0. The lowest BCUT2D eigenvalue weighted by Gasteiger charge is -2.23. The first kappa shape index (κ1) is 16.0. The molecule has 0 N–H and O–H groups in total. The van der Waals surface area contributed by atoms with Gasteiger partial charge in [-0.25, -0.2) is 0 Å². The SMILES string of the molecule is CCC(Br)C(=O)N(CC)Cc1ccc(N(C)C)cc1. The van der Waals surface area contributed by atoms with Crippen molar-refractivity contribution >= 4 is 27.5 Å². The van der Waals surface area contributed by atoms with Gasteiger partial charge in [0.15, 0.2) is 0 Å². The lowest BCUT2D eigenvalue weighted by molar-refractivity contribution is -0.130. The van der Waals surface area contributed by atoms with Crippen molar-refractivity contribution in [1.82, 2.24) is 4.90 Å². The zero-order valence-electron chi connectivity index (χ0n) is 12.2. The number of anilines is 1. The average Bonchev–Trinajstić information content (AvgIpc) is 2.43. The normalized spacial score (nSPS) is 12.1. The fourth-order valence-electron chi connectivity index (χ4n) is 1.84. The molecule has 0 fully saturated rings. The van der Waals surface area contributed by atoms with Gasteiger partial charge in [-0.15, -0.1) is 0 Å². The molecule has 19 heavy (non-hydrogen) atoms. The molecule has 1 aromatic rings. The Morgan fingerprint density at radius 1 is 1.21 bits per heavy atom. The first-order chi connectivity index (χ1) is 8.99. The second-order valence-corrected chi connectivity index (χ2v) is 5.89. The largest absolute Gasteiger partial charge is 0.378 e. The predicted molar refractivity (Wildman–Crippen MR) is 84.9 cm³/mol. The Labute approximate surface area is 124 Å². The third-order valence-corrected chi connectivity index (χ3v) is 4.19. The number of alkyl halides is 1. The van der Waals surface area contributed by atoms with Crippen molar-refractivity contribution in [3.05, 3.63) is 29.8 Å². The van der Waals surface area contributed by atoms with Crippen LogP contribution in [0.4, 0.5) is 5.69 Å². The molecular weight excluding hydrogens is 304 g/mol. The van der Waals surface area contributed by atoms with Crippen LogP contribution < -0.4 is 4.90 Å². The number of carbonyl (C=O) groups excluding carboxylic acids is 1. The van der Waals surface area contributed by atoms with Crippen LogP contribution in [0.25, 0.3) is 0 Å². The van der Waals surface area contributed by atoms with Crippen LogP contribution in [0.2, 0.25) is 0 Å². The van der Waals surface area contributed by atoms with Gasteiger partial charge in [-0.2, -0.15) is 0 Å². The summed E-state index contributed by atoms with van der Waals surface area (Å²) in [6, 6.07) is 8.33. The van der Waals surface area contributed by atoms with Crippen molar-refractivity contribution < 1.29 is 4.79 Å². The molecule has 1 unspecified atom stereocenters. The zero-order valence-corrected chi connectivity index (χ0v) is 13.8. The third kappa shape index (κ3) is 4.53. The molecular formula is C15H23BrN2O. The zero-order chi connectivity index (χ0) is 14.4. The molecule has 0 aliphatic heterocycles. The van der Waals surface area contributed by atoms with E-state index in [-0.39, 0.29) is 10.7 Å². The van der Waals surface area contributed by atoms with Crippen molar-refractivity contribution in [2.24, 2.45) is 0 Å². The Bertz CT molecular complexity index is 403. The van der Waals surface area contributed by atoms with Crippen molar-refractivity contribution in [3.8, 4) is 0 Å². The lowest BCUT2D eigenvalue weighted by Crippen LogP contribution is -2.35. The minimum absolute atomic E-state index is 0.0755. The molecule has 0 aromatic heterocycles. The van der Waals surface area contributed by atoms with E-state index in [0.29, 0.717) is 6.54 Å². The average molecular weight is 327 g/mol. The molecule has 0 saturated heterocycles. The first-order valence-electron chi connectivity index (χ1n) is 6.68. The quantitative estimate of drug-likeness (QED) is 0.749. The summed E-state index contributed by atoms with van der Waals surface area (Å²) in [5.74, 6) is 0.168. The number of rotatable bonds is 6. The van der Waals surface area contributed by atoms with Crippen LogP contribution in [-0.4, -0.2) is 36.3 Å². The second-order valence-electron chi connectivity index (χ2n) is 4.79. The fourth-order valence-corrected chi connectivity index (χ4v) is 2.13. The van der Waals surface area contributed by atoms with Gasteiger partial charge in [-0.1, -0.05) is 35.0 Å². The highest BCUT2D eigenvalue weighted by molar-refractivity contribution is 9.10. The van der Waals surface area contributed by atoms with Gasteiger partial charge in [0.1, 0.15) is 0 Å². The standard InChI is InChI=1S/C15H23BrN2O/c1-5-14(16)15(19)18(6-2)11-12-7-9-13(10-8-12)17(3)4/h7-10,14H,5-6,11H2,1-4H3. The Morgan fingerprint density at radius 3 is 2.21 bits per heavy atom. The monoisotopic (exact) mass is 326 g/mol. The Balaban J connectivity index is 2.73. The van der Waals surface area contributed by atoms with Crippen LogP contribution in [0.1, 0.15) is 25.8 Å². The van der Waals surface area contributed by atoms with Gasteiger partial charge in [0.25, 0.3) is 0 Å². The van der Waals surface area contributed by atoms with E-state index in [9.17, 15) is 4.79 Å². The van der Waals surface area contributed by atoms with Crippen LogP contribution in [0, 0.1) is 0 Å². The van der Waals surface area contributed by atoms with E-state index in [1.54, 1.807) is 0 Å². The van der Waals surface area contributed by atoms with Crippen molar-refractivity contribution in [3.63, 3.8) is 0 Å². The number of hydrogen-bond donors (Lipinski definition) is 0. The van der Waals surface area contributed by atoms with E-state index in [2.05, 4.69) is 45.1 Å². The fraction of sp³-hybridized carbons (Fsp3) is 0.533.